The minimum atomic E-state index is -1.43. The van der Waals surface area contributed by atoms with E-state index in [-0.39, 0.29) is 30.8 Å². The Labute approximate surface area is 219 Å². The Balaban J connectivity index is 0.000000311. The maximum absolute atomic E-state index is 14.5. The Morgan fingerprint density at radius 3 is 2.68 bits per heavy atom. The number of halogens is 1. The number of aliphatic hydroxyl groups excluding tert-OH is 1. The van der Waals surface area contributed by atoms with E-state index in [9.17, 15) is 19.2 Å². The highest BCUT2D eigenvalue weighted by molar-refractivity contribution is 5.77. The number of piperidine rings is 1. The summed E-state index contributed by atoms with van der Waals surface area (Å²) in [6, 6.07) is 14.6. The summed E-state index contributed by atoms with van der Waals surface area (Å²) in [5.74, 6) is 0.958. The molecule has 2 aliphatic rings. The largest absolute Gasteiger partial charge is 0.486 e. The molecule has 1 aromatic carbocycles. The monoisotopic (exact) mass is 517 g/mol. The van der Waals surface area contributed by atoms with Crippen LogP contribution in [0, 0.1) is 11.3 Å². The van der Waals surface area contributed by atoms with Crippen LogP contribution in [-0.4, -0.2) is 64.3 Å². The topological polar surface area (TPSA) is 128 Å². The fraction of sp³-hybridized carbons (Fsp3) is 0.321. The minimum Gasteiger partial charge on any atom is -0.486 e. The summed E-state index contributed by atoms with van der Waals surface area (Å²) in [5, 5.41) is 20.9. The zero-order valence-corrected chi connectivity index (χ0v) is 20.7. The highest BCUT2D eigenvalue weighted by atomic mass is 19.1. The fourth-order valence-electron chi connectivity index (χ4n) is 4.19. The van der Waals surface area contributed by atoms with Gasteiger partial charge in [0.15, 0.2) is 6.17 Å². The van der Waals surface area contributed by atoms with Crippen LogP contribution in [-0.2, 0) is 9.59 Å². The summed E-state index contributed by atoms with van der Waals surface area (Å²) in [6.45, 7) is -0.543. The lowest BCUT2D eigenvalue weighted by Crippen LogP contribution is -2.50. The number of anilines is 1. The van der Waals surface area contributed by atoms with Gasteiger partial charge in [-0.3, -0.25) is 14.6 Å². The van der Waals surface area contributed by atoms with Crippen molar-refractivity contribution in [2.24, 2.45) is 0 Å². The number of likely N-dealkylation sites (tertiary alicyclic amines) is 1. The molecule has 1 aliphatic heterocycles. The Kier molecular flexibility index (Phi) is 8.95. The van der Waals surface area contributed by atoms with Gasteiger partial charge in [0.25, 0.3) is 0 Å². The first-order valence-electron chi connectivity index (χ1n) is 12.3. The number of carbonyl (C=O) groups is 2. The number of aromatic nitrogens is 2. The first kappa shape index (κ1) is 26.7. The maximum atomic E-state index is 14.5. The molecule has 196 valence electrons. The fourth-order valence-corrected chi connectivity index (χ4v) is 4.19. The summed E-state index contributed by atoms with van der Waals surface area (Å²) in [5.41, 5.74) is 3.11. The van der Waals surface area contributed by atoms with Crippen LogP contribution in [0.15, 0.2) is 61.1 Å². The van der Waals surface area contributed by atoms with Gasteiger partial charge in [0.05, 0.1) is 12.1 Å². The van der Waals surface area contributed by atoms with E-state index in [4.69, 9.17) is 9.84 Å². The predicted octanol–water partition coefficient (Wildman–Crippen LogP) is 3.46. The van der Waals surface area contributed by atoms with Crippen molar-refractivity contribution < 1.29 is 23.8 Å². The zero-order chi connectivity index (χ0) is 26.9. The predicted molar refractivity (Wildman–Crippen MR) is 138 cm³/mol. The molecule has 0 spiro atoms. The molecule has 10 heteroatoms. The highest BCUT2D eigenvalue weighted by Crippen LogP contribution is 2.39. The molecule has 2 amide bonds. The molecule has 2 aromatic heterocycles. The van der Waals surface area contributed by atoms with Gasteiger partial charge < -0.3 is 20.1 Å². The van der Waals surface area contributed by atoms with Crippen LogP contribution in [0.25, 0.3) is 11.1 Å². The molecule has 2 unspecified atom stereocenters. The number of ether oxygens (including phenoxy) is 1. The van der Waals surface area contributed by atoms with E-state index in [0.717, 1.165) is 11.5 Å². The quantitative estimate of drug-likeness (QED) is 0.459. The number of nitrogens with zero attached hydrogens (tertiary/aromatic N) is 4. The van der Waals surface area contributed by atoms with Gasteiger partial charge in [-0.15, -0.1) is 0 Å². The molecule has 1 saturated carbocycles. The molecule has 2 atom stereocenters. The molecule has 2 N–H and O–H groups in total. The summed E-state index contributed by atoms with van der Waals surface area (Å²) >= 11 is 0. The van der Waals surface area contributed by atoms with Crippen molar-refractivity contribution in [3.63, 3.8) is 0 Å². The van der Waals surface area contributed by atoms with Gasteiger partial charge >= 0.3 is 0 Å². The second-order valence-corrected chi connectivity index (χ2v) is 9.03. The van der Waals surface area contributed by atoms with Crippen LogP contribution >= 0.6 is 0 Å². The Morgan fingerprint density at radius 2 is 2.03 bits per heavy atom. The lowest BCUT2D eigenvalue weighted by molar-refractivity contribution is -0.138. The minimum absolute atomic E-state index is 0.159. The number of amides is 2. The summed E-state index contributed by atoms with van der Waals surface area (Å²) in [7, 11) is 0. The normalized spacial score (nSPS) is 18.4. The van der Waals surface area contributed by atoms with Crippen molar-refractivity contribution in [2.45, 2.75) is 37.5 Å². The van der Waals surface area contributed by atoms with Crippen LogP contribution in [0.1, 0.15) is 36.3 Å². The number of carbonyl (C=O) groups excluding carboxylic acids is 2. The van der Waals surface area contributed by atoms with Crippen LogP contribution in [0.2, 0.25) is 0 Å². The summed E-state index contributed by atoms with van der Waals surface area (Å²) < 4.78 is 20.2. The van der Waals surface area contributed by atoms with E-state index < -0.39 is 24.8 Å². The van der Waals surface area contributed by atoms with Gasteiger partial charge in [0, 0.05) is 31.6 Å². The Bertz CT molecular complexity index is 1300. The van der Waals surface area contributed by atoms with Crippen molar-refractivity contribution >= 4 is 18.1 Å². The Hall–Kier alpha value is -4.36. The number of hydrogen-bond acceptors (Lipinski definition) is 7. The van der Waals surface area contributed by atoms with Crippen LogP contribution in [0.4, 0.5) is 10.2 Å². The van der Waals surface area contributed by atoms with E-state index in [0.29, 0.717) is 17.8 Å². The molecule has 1 saturated heterocycles. The number of hydrogen-bond donors (Lipinski definition) is 2. The zero-order valence-electron chi connectivity index (χ0n) is 20.7. The summed E-state index contributed by atoms with van der Waals surface area (Å²) in [6.07, 6.45) is 6.62. The molecule has 0 bridgehead atoms. The van der Waals surface area contributed by atoms with E-state index in [1.54, 1.807) is 30.3 Å². The number of nitrogens with one attached hydrogen (secondary N) is 1. The van der Waals surface area contributed by atoms with E-state index in [1.807, 2.05) is 18.5 Å². The van der Waals surface area contributed by atoms with Gasteiger partial charge in [-0.1, -0.05) is 12.1 Å². The standard InChI is InChI=1S/C20H19FN4O4.C8H9N/c21-16-10-25(20(28)11-26)6-4-18(16)29-17-2-1-13(7-15(17)9-22)14-3-5-23-19(8-14)24-12-27;1-2-8(6-9-5-1)7-3-4-7/h1-3,5,7-8,12,16,18,26H,4,6,10-11H2,(H,23,24,27);1-2,5-7H,3-4H2. The number of rotatable bonds is 7. The molecule has 5 rings (SSSR count). The molecular weight excluding hydrogens is 489 g/mol. The van der Waals surface area contributed by atoms with Crippen molar-refractivity contribution in [1.82, 2.24) is 14.9 Å². The third kappa shape index (κ3) is 6.89. The number of pyridine rings is 2. The first-order chi connectivity index (χ1) is 18.5. The molecule has 2 fully saturated rings. The first-order valence-corrected chi connectivity index (χ1v) is 12.3. The summed E-state index contributed by atoms with van der Waals surface area (Å²) in [4.78, 5) is 31.4. The lowest BCUT2D eigenvalue weighted by Gasteiger charge is -2.34. The van der Waals surface area contributed by atoms with Crippen molar-refractivity contribution in [3.05, 3.63) is 72.2 Å². The molecule has 1 aliphatic carbocycles. The van der Waals surface area contributed by atoms with E-state index in [1.165, 1.54) is 29.5 Å². The molecule has 9 nitrogen and oxygen atoms in total. The maximum Gasteiger partial charge on any atom is 0.248 e. The van der Waals surface area contributed by atoms with Crippen LogP contribution < -0.4 is 10.1 Å². The van der Waals surface area contributed by atoms with Gasteiger partial charge in [-0.05, 0) is 65.8 Å². The lowest BCUT2D eigenvalue weighted by atomic mass is 10.0. The second kappa shape index (κ2) is 12.7. The Morgan fingerprint density at radius 1 is 1.21 bits per heavy atom. The van der Waals surface area contributed by atoms with E-state index in [2.05, 4.69) is 27.4 Å². The third-order valence-corrected chi connectivity index (χ3v) is 6.38. The average Bonchev–Trinajstić information content (AvgIpc) is 3.81. The second-order valence-electron chi connectivity index (χ2n) is 9.03. The van der Waals surface area contributed by atoms with Gasteiger partial charge in [0.1, 0.15) is 30.3 Å². The highest BCUT2D eigenvalue weighted by Gasteiger charge is 2.33. The smallest absolute Gasteiger partial charge is 0.248 e. The third-order valence-electron chi connectivity index (χ3n) is 6.38. The number of alkyl halides is 1. The number of benzene rings is 1. The van der Waals surface area contributed by atoms with Gasteiger partial charge in [-0.25, -0.2) is 9.37 Å². The van der Waals surface area contributed by atoms with Crippen molar-refractivity contribution in [1.29, 1.82) is 5.26 Å². The van der Waals surface area contributed by atoms with Crippen LogP contribution in [0.5, 0.6) is 5.75 Å². The van der Waals surface area contributed by atoms with Crippen molar-refractivity contribution in [2.75, 3.05) is 25.0 Å². The SMILES string of the molecule is N#Cc1cc(-c2ccnc(NC=O)c2)ccc1OC1CCN(C(=O)CO)CC1F.c1cncc(C2CC2)c1. The van der Waals surface area contributed by atoms with E-state index >= 15 is 0 Å². The number of nitriles is 1. The molecule has 3 heterocycles. The molecule has 38 heavy (non-hydrogen) atoms. The molecular formula is C28H28FN5O4. The van der Waals surface area contributed by atoms with Crippen LogP contribution in [0.3, 0.4) is 0 Å². The number of aliphatic hydroxyl groups is 1. The molecule has 0 radical (unpaired) electrons. The van der Waals surface area contributed by atoms with Crippen molar-refractivity contribution in [3.8, 4) is 22.9 Å². The average molecular weight is 518 g/mol. The molecule has 3 aromatic rings. The van der Waals surface area contributed by atoms with Gasteiger partial charge in [0.2, 0.25) is 12.3 Å². The van der Waals surface area contributed by atoms with Gasteiger partial charge in [-0.2, -0.15) is 5.26 Å².